The summed E-state index contributed by atoms with van der Waals surface area (Å²) >= 11 is 0. The number of rotatable bonds is 10. The third kappa shape index (κ3) is 7.63. The van der Waals surface area contributed by atoms with Gasteiger partial charge in [0, 0.05) is 18.7 Å². The fourth-order valence-electron chi connectivity index (χ4n) is 6.78. The SMILES string of the molecule is CCC(C)(C)CNC(=O)[C@H]1[C@@H]2CC[C@@H](C2)[C@H]1NC(=O)c1cc(OC2CCC(C)(C(=O)OC(C)(C)C)CC2)c(F)cc1OC. The molecule has 1 aromatic rings. The zero-order chi connectivity index (χ0) is 31.7. The van der Waals surface area contributed by atoms with Crippen molar-refractivity contribution in [3.05, 3.63) is 23.5 Å². The summed E-state index contributed by atoms with van der Waals surface area (Å²) in [6.07, 6.45) is 5.74. The van der Waals surface area contributed by atoms with Gasteiger partial charge in [-0.15, -0.1) is 0 Å². The van der Waals surface area contributed by atoms with Crippen LogP contribution < -0.4 is 20.1 Å². The number of carbonyl (C=O) groups is 3. The van der Waals surface area contributed by atoms with Gasteiger partial charge in [-0.3, -0.25) is 14.4 Å². The Labute approximate surface area is 256 Å². The van der Waals surface area contributed by atoms with Crippen molar-refractivity contribution >= 4 is 17.8 Å². The quantitative estimate of drug-likeness (QED) is 0.309. The van der Waals surface area contributed by atoms with Gasteiger partial charge in [0.15, 0.2) is 11.6 Å². The van der Waals surface area contributed by atoms with E-state index in [0.717, 1.165) is 25.7 Å². The smallest absolute Gasteiger partial charge is 0.312 e. The molecule has 0 unspecified atom stereocenters. The molecule has 9 heteroatoms. The molecule has 4 atom stereocenters. The van der Waals surface area contributed by atoms with Crippen molar-refractivity contribution < 1.29 is 33.0 Å². The second kappa shape index (κ2) is 12.6. The topological polar surface area (TPSA) is 103 Å². The van der Waals surface area contributed by atoms with E-state index in [0.29, 0.717) is 32.2 Å². The summed E-state index contributed by atoms with van der Waals surface area (Å²) < 4.78 is 32.2. The van der Waals surface area contributed by atoms with Crippen molar-refractivity contribution in [3.63, 3.8) is 0 Å². The molecule has 4 rings (SSSR count). The molecule has 0 aromatic heterocycles. The van der Waals surface area contributed by atoms with Crippen LogP contribution in [-0.4, -0.2) is 49.2 Å². The highest BCUT2D eigenvalue weighted by Gasteiger charge is 2.51. The van der Waals surface area contributed by atoms with E-state index in [4.69, 9.17) is 14.2 Å². The minimum atomic E-state index is -0.621. The van der Waals surface area contributed by atoms with E-state index in [2.05, 4.69) is 31.4 Å². The fourth-order valence-corrected chi connectivity index (χ4v) is 6.78. The highest BCUT2D eigenvalue weighted by Crippen LogP contribution is 2.49. The molecule has 0 heterocycles. The molecule has 1 aromatic carbocycles. The summed E-state index contributed by atoms with van der Waals surface area (Å²) in [5.41, 5.74) is -1.02. The van der Waals surface area contributed by atoms with Crippen molar-refractivity contribution in [2.24, 2.45) is 28.6 Å². The van der Waals surface area contributed by atoms with Crippen LogP contribution in [0.1, 0.15) is 110 Å². The Morgan fingerprint density at radius 3 is 2.26 bits per heavy atom. The Morgan fingerprint density at radius 1 is 1.00 bits per heavy atom. The largest absolute Gasteiger partial charge is 0.496 e. The Bertz CT molecular complexity index is 1200. The highest BCUT2D eigenvalue weighted by atomic mass is 19.1. The summed E-state index contributed by atoms with van der Waals surface area (Å²) in [5, 5.41) is 6.26. The van der Waals surface area contributed by atoms with Crippen LogP contribution in [-0.2, 0) is 14.3 Å². The summed E-state index contributed by atoms with van der Waals surface area (Å²) in [7, 11) is 1.40. The van der Waals surface area contributed by atoms with Gasteiger partial charge in [0.2, 0.25) is 5.91 Å². The average Bonchev–Trinajstić information content (AvgIpc) is 3.55. The lowest BCUT2D eigenvalue weighted by Crippen LogP contribution is -2.50. The minimum Gasteiger partial charge on any atom is -0.496 e. The fraction of sp³-hybridized carbons (Fsp3) is 0.735. The lowest BCUT2D eigenvalue weighted by Gasteiger charge is -2.37. The van der Waals surface area contributed by atoms with Crippen LogP contribution in [0.2, 0.25) is 0 Å². The predicted molar refractivity (Wildman–Crippen MR) is 162 cm³/mol. The number of halogens is 1. The van der Waals surface area contributed by atoms with E-state index < -0.39 is 22.7 Å². The number of methoxy groups -OCH3 is 1. The number of carbonyl (C=O) groups excluding carboxylic acids is 3. The molecule has 3 saturated carbocycles. The lowest BCUT2D eigenvalue weighted by atomic mass is 9.74. The number of ether oxygens (including phenoxy) is 3. The van der Waals surface area contributed by atoms with Crippen LogP contribution >= 0.6 is 0 Å². The zero-order valence-electron chi connectivity index (χ0n) is 27.2. The van der Waals surface area contributed by atoms with Crippen molar-refractivity contribution in [2.45, 2.75) is 118 Å². The average molecular weight is 603 g/mol. The summed E-state index contributed by atoms with van der Waals surface area (Å²) in [6.45, 7) is 14.4. The van der Waals surface area contributed by atoms with Gasteiger partial charge < -0.3 is 24.8 Å². The first kappa shape index (κ1) is 33.1. The Balaban J connectivity index is 1.45. The highest BCUT2D eigenvalue weighted by molar-refractivity contribution is 5.98. The third-order valence-corrected chi connectivity index (χ3v) is 9.94. The van der Waals surface area contributed by atoms with Gasteiger partial charge in [-0.25, -0.2) is 4.39 Å². The van der Waals surface area contributed by atoms with Crippen LogP contribution in [0.15, 0.2) is 12.1 Å². The van der Waals surface area contributed by atoms with E-state index in [9.17, 15) is 14.4 Å². The molecule has 3 aliphatic carbocycles. The molecule has 2 N–H and O–H groups in total. The van der Waals surface area contributed by atoms with Crippen molar-refractivity contribution in [1.82, 2.24) is 10.6 Å². The van der Waals surface area contributed by atoms with Crippen LogP contribution in [0, 0.1) is 34.4 Å². The van der Waals surface area contributed by atoms with Gasteiger partial charge in [-0.1, -0.05) is 20.8 Å². The van der Waals surface area contributed by atoms with E-state index in [-0.39, 0.29) is 64.3 Å². The van der Waals surface area contributed by atoms with E-state index in [1.165, 1.54) is 19.2 Å². The van der Waals surface area contributed by atoms with E-state index in [1.54, 1.807) is 0 Å². The first-order valence-electron chi connectivity index (χ1n) is 15.9. The van der Waals surface area contributed by atoms with Gasteiger partial charge in [-0.05, 0) is 102 Å². The summed E-state index contributed by atoms with van der Waals surface area (Å²) in [4.78, 5) is 39.8. The van der Waals surface area contributed by atoms with Crippen LogP contribution in [0.5, 0.6) is 11.5 Å². The number of hydrogen-bond donors (Lipinski definition) is 2. The van der Waals surface area contributed by atoms with Gasteiger partial charge in [0.05, 0.1) is 30.1 Å². The van der Waals surface area contributed by atoms with Crippen LogP contribution in [0.4, 0.5) is 4.39 Å². The number of hydrogen-bond acceptors (Lipinski definition) is 6. The molecular formula is C34H51FN2O6. The minimum absolute atomic E-state index is 0.00338. The van der Waals surface area contributed by atoms with Gasteiger partial charge >= 0.3 is 5.97 Å². The first-order valence-corrected chi connectivity index (χ1v) is 15.9. The van der Waals surface area contributed by atoms with E-state index >= 15 is 4.39 Å². The van der Waals surface area contributed by atoms with Crippen molar-refractivity contribution in [3.8, 4) is 11.5 Å². The van der Waals surface area contributed by atoms with Gasteiger partial charge in [0.1, 0.15) is 11.4 Å². The molecule has 240 valence electrons. The maximum atomic E-state index is 15.1. The maximum Gasteiger partial charge on any atom is 0.312 e. The predicted octanol–water partition coefficient (Wildman–Crippen LogP) is 6.20. The maximum absolute atomic E-state index is 15.1. The number of amides is 2. The molecule has 8 nitrogen and oxygen atoms in total. The summed E-state index contributed by atoms with van der Waals surface area (Å²) in [5.74, 6) is -1.01. The molecule has 3 fully saturated rings. The number of fused-ring (bicyclic) bond motifs is 2. The second-order valence-corrected chi connectivity index (χ2v) is 15.0. The van der Waals surface area contributed by atoms with E-state index in [1.807, 2.05) is 27.7 Å². The zero-order valence-corrected chi connectivity index (χ0v) is 27.2. The molecule has 3 aliphatic rings. The normalized spacial score (nSPS) is 28.7. The molecule has 0 aliphatic heterocycles. The van der Waals surface area contributed by atoms with Crippen LogP contribution in [0.3, 0.4) is 0 Å². The van der Waals surface area contributed by atoms with Crippen molar-refractivity contribution in [1.29, 1.82) is 0 Å². The monoisotopic (exact) mass is 602 g/mol. The molecule has 2 amide bonds. The number of nitrogens with one attached hydrogen (secondary N) is 2. The molecule has 2 bridgehead atoms. The summed E-state index contributed by atoms with van der Waals surface area (Å²) in [6, 6.07) is 2.28. The Morgan fingerprint density at radius 2 is 1.65 bits per heavy atom. The van der Waals surface area contributed by atoms with Crippen LogP contribution in [0.25, 0.3) is 0 Å². The Hall–Kier alpha value is -2.84. The molecule has 43 heavy (non-hydrogen) atoms. The molecule has 0 spiro atoms. The second-order valence-electron chi connectivity index (χ2n) is 15.0. The molecular weight excluding hydrogens is 551 g/mol. The number of esters is 1. The van der Waals surface area contributed by atoms with Gasteiger partial charge in [0.25, 0.3) is 5.91 Å². The Kier molecular flexibility index (Phi) is 9.72. The standard InChI is InChI=1S/C34H51FN2O6/c1-9-33(5,6)19-36-30(39)27-20-10-11-21(16-20)28(27)37-29(38)23-17-26(24(35)18-25(23)41-8)42-22-12-14-34(7,15-13-22)31(40)43-32(2,3)4/h17-18,20-22,27-28H,9-16,19H2,1-8H3,(H,36,39)(H,37,38)/t20-,21+,22?,27+,28-,34?/m1/s1. The number of benzene rings is 1. The van der Waals surface area contributed by atoms with Gasteiger partial charge in [-0.2, -0.15) is 0 Å². The molecule has 0 radical (unpaired) electrons. The van der Waals surface area contributed by atoms with Crippen molar-refractivity contribution in [2.75, 3.05) is 13.7 Å². The molecule has 0 saturated heterocycles. The third-order valence-electron chi connectivity index (χ3n) is 9.94. The first-order chi connectivity index (χ1) is 20.1. The lowest BCUT2D eigenvalue weighted by molar-refractivity contribution is -0.169.